The predicted molar refractivity (Wildman–Crippen MR) is 442 cm³/mol. The van der Waals surface area contributed by atoms with Gasteiger partial charge in [-0.25, -0.2) is 64.0 Å². The molecular formula is C83H73N29O2S. The van der Waals surface area contributed by atoms with Gasteiger partial charge in [-0.3, -0.25) is 39.5 Å². The minimum atomic E-state index is -0.164. The highest BCUT2D eigenvalue weighted by Gasteiger charge is 1.93. The molecule has 0 bridgehead atoms. The average molecular weight is 1540 g/mol. The molecular weight excluding hydrogens is 1470 g/mol. The Morgan fingerprint density at radius 2 is 0.852 bits per heavy atom. The van der Waals surface area contributed by atoms with E-state index in [-0.39, 0.29) is 11.1 Å². The summed E-state index contributed by atoms with van der Waals surface area (Å²) in [4.78, 5) is 87.4. The third-order valence-electron chi connectivity index (χ3n) is 13.3. The molecule has 0 radical (unpaired) electrons. The van der Waals surface area contributed by atoms with E-state index in [9.17, 15) is 9.59 Å². The number of hydrogen-bond acceptors (Lipinski definition) is 26. The van der Waals surface area contributed by atoms with Crippen molar-refractivity contribution in [3.63, 3.8) is 0 Å². The molecule has 0 amide bonds. The highest BCUT2D eigenvalue weighted by molar-refractivity contribution is 7.16. The van der Waals surface area contributed by atoms with Crippen LogP contribution in [0.5, 0.6) is 0 Å². The maximum atomic E-state index is 10.2. The summed E-state index contributed by atoms with van der Waals surface area (Å²) >= 11 is 1.68. The van der Waals surface area contributed by atoms with E-state index in [2.05, 4.69) is 149 Å². The molecule has 115 heavy (non-hydrogen) atoms. The van der Waals surface area contributed by atoms with E-state index in [4.69, 9.17) is 0 Å². The molecule has 0 saturated heterocycles. The Morgan fingerprint density at radius 3 is 1.37 bits per heavy atom. The van der Waals surface area contributed by atoms with Crippen molar-refractivity contribution in [1.82, 2.24) is 144 Å². The molecule has 18 heterocycles. The van der Waals surface area contributed by atoms with Crippen LogP contribution in [-0.2, 0) is 0 Å². The first kappa shape index (κ1) is 83.9. The van der Waals surface area contributed by atoms with Crippen molar-refractivity contribution < 1.29 is 0 Å². The van der Waals surface area contributed by atoms with E-state index < -0.39 is 0 Å². The van der Waals surface area contributed by atoms with Gasteiger partial charge in [0.2, 0.25) is 5.56 Å². The number of imidazole rings is 2. The number of thiazole rings is 1. The summed E-state index contributed by atoms with van der Waals surface area (Å²) in [6.07, 6.45) is 49.8. The number of nitrogens with zero attached hydrogens (tertiary/aromatic N) is 26. The molecule has 0 aliphatic heterocycles. The lowest BCUT2D eigenvalue weighted by Gasteiger charge is -1.91. The van der Waals surface area contributed by atoms with Crippen molar-refractivity contribution in [1.29, 1.82) is 0 Å². The minimum Gasteiger partial charge on any atom is -0.345 e. The number of nitrogens with one attached hydrogen (secondary N) is 3. The first-order valence-corrected chi connectivity index (χ1v) is 35.3. The molecule has 0 spiro atoms. The van der Waals surface area contributed by atoms with E-state index in [0.717, 1.165) is 49.9 Å². The average Bonchev–Trinajstić information content (AvgIpc) is 1.14. The van der Waals surface area contributed by atoms with Gasteiger partial charge in [0.1, 0.15) is 43.6 Å². The molecule has 32 heteroatoms. The molecule has 22 rings (SSSR count). The Hall–Kier alpha value is -16.8. The summed E-state index contributed by atoms with van der Waals surface area (Å²) in [6, 6.07) is 74.7. The van der Waals surface area contributed by atoms with Gasteiger partial charge in [0, 0.05) is 154 Å². The third kappa shape index (κ3) is 36.1. The van der Waals surface area contributed by atoms with Gasteiger partial charge in [-0.05, 0) is 133 Å². The molecule has 18 aromatic heterocycles. The van der Waals surface area contributed by atoms with Crippen LogP contribution in [-0.4, -0.2) is 144 Å². The molecule has 0 atom stereocenters. The first-order chi connectivity index (χ1) is 57.1. The molecule has 0 unspecified atom stereocenters. The van der Waals surface area contributed by atoms with Gasteiger partial charge in [0.05, 0.1) is 61.4 Å². The summed E-state index contributed by atoms with van der Waals surface area (Å²) in [5.74, 6) is 0. The minimum absolute atomic E-state index is 0.0532. The summed E-state index contributed by atoms with van der Waals surface area (Å²) in [5.41, 5.74) is 10.8. The number of hydrogen-bond donors (Lipinski definition) is 3. The zero-order valence-corrected chi connectivity index (χ0v) is 62.1. The van der Waals surface area contributed by atoms with Crippen LogP contribution in [0.1, 0.15) is 0 Å². The normalized spacial score (nSPS) is 9.29. The van der Waals surface area contributed by atoms with Crippen LogP contribution < -0.4 is 11.1 Å². The van der Waals surface area contributed by atoms with Gasteiger partial charge < -0.3 is 14.4 Å². The van der Waals surface area contributed by atoms with E-state index in [1.165, 1.54) is 72.6 Å². The molecule has 0 aliphatic carbocycles. The topological polar surface area (TPSA) is 391 Å². The number of H-pyrrole nitrogens is 3. The fraction of sp³-hybridized carbons (Fsp3) is 0. The quantitative estimate of drug-likeness (QED) is 0.127. The van der Waals surface area contributed by atoms with Crippen LogP contribution in [0, 0.1) is 0 Å². The van der Waals surface area contributed by atoms with Crippen molar-refractivity contribution >= 4 is 71.3 Å². The lowest BCUT2D eigenvalue weighted by molar-refractivity contribution is 0.961. The standard InChI is InChI=1S/C9H7N.C8H6N2.3C7H6N2.C7H5NS.C6H5N3.C5H5NO.C5H5N.C4H4N2O.3C4H4N2.2C3H3N3/c1-2-6-9-8(4-1)5-3-7-10-9;1-2-4-8-7(3-1)9-5-6-10-8;1-2-6-9-7(3-1)4-5-8-9;1-2-5-9-6-4-8-7(9)3-1;2*1-2-4-7-6(3-1)8-5-9-7;1-2-4-9-6(3-1)7-5-8-9;7-5-3-1-2-4-6-5;1-2-4-6-5-3-1;7-4-2-1-3-5-6-4;1-2-6-4-3-5-1;1-2-5-4-6-3-1;1-2-4-6-5-3-1;1-4-2-6-3-5-1;1-2-5-6-3-4-1/h1-7H;1-6H;2*1-6H;1-5H,(H,8,9);2*1-5H;1-4H,(H,6,7);1-5H;1-3H,(H,6,7);3*1-4H;2*1-3H. The van der Waals surface area contributed by atoms with Gasteiger partial charge in [0.25, 0.3) is 5.56 Å². The molecule has 3 N–H and O–H groups in total. The van der Waals surface area contributed by atoms with Crippen LogP contribution in [0.25, 0.3) is 60.0 Å². The van der Waals surface area contributed by atoms with Gasteiger partial charge >= 0.3 is 0 Å². The lowest BCUT2D eigenvalue weighted by Crippen LogP contribution is -2.02. The number of benzene rings is 4. The van der Waals surface area contributed by atoms with Gasteiger partial charge in [0.15, 0.2) is 5.65 Å². The van der Waals surface area contributed by atoms with Gasteiger partial charge in [-0.1, -0.05) is 91.0 Å². The van der Waals surface area contributed by atoms with E-state index >= 15 is 0 Å². The number of pyridine rings is 6. The Morgan fingerprint density at radius 1 is 0.287 bits per heavy atom. The number of aromatic amines is 3. The second kappa shape index (κ2) is 54.8. The van der Waals surface area contributed by atoms with Crippen LogP contribution in [0.4, 0.5) is 0 Å². The third-order valence-corrected chi connectivity index (χ3v) is 14.1. The van der Waals surface area contributed by atoms with Gasteiger partial charge in [-0.2, -0.15) is 30.6 Å². The van der Waals surface area contributed by atoms with Crippen LogP contribution >= 0.6 is 11.3 Å². The summed E-state index contributed by atoms with van der Waals surface area (Å²) in [5, 5.41) is 28.8. The Kier molecular flexibility index (Phi) is 39.9. The highest BCUT2D eigenvalue weighted by Crippen LogP contribution is 2.15. The van der Waals surface area contributed by atoms with Crippen molar-refractivity contribution in [2.24, 2.45) is 0 Å². The first-order valence-electron chi connectivity index (χ1n) is 34.4. The number of aromatic nitrogens is 29. The Bertz CT molecular complexity index is 4920. The maximum Gasteiger partial charge on any atom is 0.264 e. The predicted octanol–water partition coefficient (Wildman–Crippen LogP) is 13.5. The monoisotopic (exact) mass is 1540 g/mol. The Labute approximate surface area is 661 Å². The largest absolute Gasteiger partial charge is 0.345 e. The van der Waals surface area contributed by atoms with E-state index in [1.807, 2.05) is 227 Å². The van der Waals surface area contributed by atoms with Crippen molar-refractivity contribution in [2.45, 2.75) is 0 Å². The second-order valence-corrected chi connectivity index (χ2v) is 22.1. The second-order valence-electron chi connectivity index (χ2n) is 21.2. The van der Waals surface area contributed by atoms with E-state index in [0.29, 0.717) is 0 Å². The summed E-state index contributed by atoms with van der Waals surface area (Å²) in [6.45, 7) is 0. The van der Waals surface area contributed by atoms with Gasteiger partial charge in [-0.15, -0.1) is 16.4 Å². The smallest absolute Gasteiger partial charge is 0.264 e. The van der Waals surface area contributed by atoms with Crippen LogP contribution in [0.2, 0.25) is 0 Å². The molecule has 0 aliphatic rings. The molecule has 0 saturated carbocycles. The number of fused-ring (bicyclic) bond motifs is 7. The van der Waals surface area contributed by atoms with Crippen LogP contribution in [0.3, 0.4) is 0 Å². The Balaban J connectivity index is 0.000000155. The van der Waals surface area contributed by atoms with Crippen molar-refractivity contribution in [3.8, 4) is 0 Å². The zero-order valence-electron chi connectivity index (χ0n) is 61.3. The summed E-state index contributed by atoms with van der Waals surface area (Å²) in [7, 11) is 0. The lowest BCUT2D eigenvalue weighted by atomic mass is 10.2. The fourth-order valence-corrected chi connectivity index (χ4v) is 8.95. The maximum absolute atomic E-state index is 10.2. The summed E-state index contributed by atoms with van der Waals surface area (Å²) < 4.78 is 6.79. The van der Waals surface area contributed by atoms with Crippen molar-refractivity contribution in [3.05, 3.63) is 450 Å². The molecule has 0 fully saturated rings. The fourth-order valence-electron chi connectivity index (χ4n) is 8.28. The zero-order chi connectivity index (χ0) is 79.8. The number of para-hydroxylation sites is 6. The number of rotatable bonds is 0. The molecule has 31 nitrogen and oxygen atoms in total. The van der Waals surface area contributed by atoms with Crippen LogP contribution in [0.15, 0.2) is 439 Å². The van der Waals surface area contributed by atoms with Crippen molar-refractivity contribution in [2.75, 3.05) is 0 Å². The van der Waals surface area contributed by atoms with E-state index in [1.54, 1.807) is 146 Å². The molecule has 568 valence electrons. The molecule has 4 aromatic carbocycles. The highest BCUT2D eigenvalue weighted by atomic mass is 32.1. The molecule has 22 aromatic rings. The SMILES string of the molecule is O=c1cccc[nH]1.O=c1cccn[nH]1.c1ccc2[nH]cnc2c1.c1ccc2ncccc2c1.c1ccc2nccnc2c1.c1ccc2scnc2c1.c1ccn2ccnc2c1.c1ccn2nccc2c1.c1ccn2ncnc2c1.c1ccncc1.c1ccnnc1.c1cnccn1.c1cncnc1.c1cnncn1.c1ncncn1.